The van der Waals surface area contributed by atoms with Gasteiger partial charge in [-0.3, -0.25) is 4.90 Å². The van der Waals surface area contributed by atoms with Crippen LogP contribution in [0, 0.1) is 5.92 Å². The first-order valence-corrected chi connectivity index (χ1v) is 8.03. The minimum Gasteiger partial charge on any atom is -0.371 e. The largest absolute Gasteiger partial charge is 0.371 e. The number of benzene rings is 1. The standard InChI is InChI=1S/C17H27N3/c1-14-7-10-20(13-17(14)18)16-8-11-19(12-9-16)15-5-3-2-4-6-15/h2-6,14,16-17H,7-13,18H2,1H3. The van der Waals surface area contributed by atoms with Crippen LogP contribution in [0.5, 0.6) is 0 Å². The quantitative estimate of drug-likeness (QED) is 0.897. The van der Waals surface area contributed by atoms with Crippen molar-refractivity contribution in [1.29, 1.82) is 0 Å². The number of para-hydroxylation sites is 1. The highest BCUT2D eigenvalue weighted by atomic mass is 15.2. The smallest absolute Gasteiger partial charge is 0.0366 e. The Morgan fingerprint density at radius 1 is 1.00 bits per heavy atom. The van der Waals surface area contributed by atoms with Crippen molar-refractivity contribution in [2.45, 2.75) is 38.3 Å². The van der Waals surface area contributed by atoms with Crippen molar-refractivity contribution in [2.75, 3.05) is 31.1 Å². The Hall–Kier alpha value is -1.06. The average molecular weight is 273 g/mol. The fourth-order valence-electron chi connectivity index (χ4n) is 3.59. The SMILES string of the molecule is CC1CCN(C2CCN(c3ccccc3)CC2)CC1N. The van der Waals surface area contributed by atoms with Gasteiger partial charge in [-0.2, -0.15) is 0 Å². The van der Waals surface area contributed by atoms with Crippen LogP contribution in [-0.4, -0.2) is 43.2 Å². The molecule has 3 nitrogen and oxygen atoms in total. The number of hydrogen-bond acceptors (Lipinski definition) is 3. The molecule has 0 radical (unpaired) electrons. The molecule has 2 heterocycles. The summed E-state index contributed by atoms with van der Waals surface area (Å²) in [5, 5.41) is 0. The number of nitrogens with zero attached hydrogens (tertiary/aromatic N) is 2. The van der Waals surface area contributed by atoms with Crippen LogP contribution in [0.1, 0.15) is 26.2 Å². The first kappa shape index (κ1) is 13.9. The van der Waals surface area contributed by atoms with Crippen molar-refractivity contribution in [3.8, 4) is 0 Å². The van der Waals surface area contributed by atoms with Gasteiger partial charge >= 0.3 is 0 Å². The second-order valence-corrected chi connectivity index (χ2v) is 6.48. The van der Waals surface area contributed by atoms with Crippen LogP contribution in [0.4, 0.5) is 5.69 Å². The maximum atomic E-state index is 6.24. The zero-order chi connectivity index (χ0) is 13.9. The predicted molar refractivity (Wildman–Crippen MR) is 85.0 cm³/mol. The second kappa shape index (κ2) is 6.15. The molecule has 2 N–H and O–H groups in total. The normalized spacial score (nSPS) is 29.6. The van der Waals surface area contributed by atoms with Gasteiger partial charge in [-0.25, -0.2) is 0 Å². The maximum absolute atomic E-state index is 6.24. The van der Waals surface area contributed by atoms with Crippen molar-refractivity contribution in [1.82, 2.24) is 4.90 Å². The Morgan fingerprint density at radius 3 is 2.35 bits per heavy atom. The fourth-order valence-corrected chi connectivity index (χ4v) is 3.59. The van der Waals surface area contributed by atoms with Crippen LogP contribution in [0.25, 0.3) is 0 Å². The van der Waals surface area contributed by atoms with E-state index in [1.807, 2.05) is 0 Å². The fraction of sp³-hybridized carbons (Fsp3) is 0.647. The molecule has 1 aromatic carbocycles. The lowest BCUT2D eigenvalue weighted by molar-refractivity contribution is 0.105. The highest BCUT2D eigenvalue weighted by molar-refractivity contribution is 5.46. The van der Waals surface area contributed by atoms with E-state index in [9.17, 15) is 0 Å². The molecule has 3 heteroatoms. The molecule has 2 atom stereocenters. The molecular formula is C17H27N3. The zero-order valence-corrected chi connectivity index (χ0v) is 12.5. The van der Waals surface area contributed by atoms with Gasteiger partial charge in [0.05, 0.1) is 0 Å². The van der Waals surface area contributed by atoms with Crippen molar-refractivity contribution >= 4 is 5.69 Å². The molecule has 110 valence electrons. The monoisotopic (exact) mass is 273 g/mol. The van der Waals surface area contributed by atoms with E-state index in [-0.39, 0.29) is 0 Å². The minimum atomic E-state index is 0.371. The van der Waals surface area contributed by atoms with Gasteiger partial charge in [0.25, 0.3) is 0 Å². The number of nitrogens with two attached hydrogens (primary N) is 1. The zero-order valence-electron chi connectivity index (χ0n) is 12.5. The summed E-state index contributed by atoms with van der Waals surface area (Å²) in [4.78, 5) is 5.16. The topological polar surface area (TPSA) is 32.5 Å². The van der Waals surface area contributed by atoms with Gasteiger partial charge in [0.15, 0.2) is 0 Å². The molecule has 0 bridgehead atoms. The third-order valence-corrected chi connectivity index (χ3v) is 5.15. The third-order valence-electron chi connectivity index (χ3n) is 5.15. The van der Waals surface area contributed by atoms with E-state index in [1.54, 1.807) is 0 Å². The molecule has 20 heavy (non-hydrogen) atoms. The second-order valence-electron chi connectivity index (χ2n) is 6.48. The number of hydrogen-bond donors (Lipinski definition) is 1. The van der Waals surface area contributed by atoms with Crippen molar-refractivity contribution in [2.24, 2.45) is 11.7 Å². The molecule has 0 aromatic heterocycles. The van der Waals surface area contributed by atoms with E-state index in [1.165, 1.54) is 44.6 Å². The first-order chi connectivity index (χ1) is 9.74. The molecule has 2 aliphatic heterocycles. The lowest BCUT2D eigenvalue weighted by Gasteiger charge is -2.43. The Kier molecular flexibility index (Phi) is 4.27. The summed E-state index contributed by atoms with van der Waals surface area (Å²) in [5.41, 5.74) is 7.61. The molecule has 3 rings (SSSR count). The molecule has 0 spiro atoms. The van der Waals surface area contributed by atoms with Crippen molar-refractivity contribution in [3.05, 3.63) is 30.3 Å². The number of anilines is 1. The molecule has 0 saturated carbocycles. The summed E-state index contributed by atoms with van der Waals surface area (Å²) in [6.45, 7) is 6.98. The van der Waals surface area contributed by atoms with E-state index >= 15 is 0 Å². The van der Waals surface area contributed by atoms with Gasteiger partial charge in [0.2, 0.25) is 0 Å². The van der Waals surface area contributed by atoms with E-state index < -0.39 is 0 Å². The summed E-state index contributed by atoms with van der Waals surface area (Å²) < 4.78 is 0. The highest BCUT2D eigenvalue weighted by Crippen LogP contribution is 2.25. The van der Waals surface area contributed by atoms with Crippen molar-refractivity contribution in [3.63, 3.8) is 0 Å². The first-order valence-electron chi connectivity index (χ1n) is 8.03. The average Bonchev–Trinajstić information content (AvgIpc) is 2.51. The van der Waals surface area contributed by atoms with Crippen LogP contribution >= 0.6 is 0 Å². The summed E-state index contributed by atoms with van der Waals surface area (Å²) in [6, 6.07) is 11.9. The Balaban J connectivity index is 1.54. The van der Waals surface area contributed by atoms with Gasteiger partial charge in [-0.1, -0.05) is 25.1 Å². The van der Waals surface area contributed by atoms with Crippen molar-refractivity contribution < 1.29 is 0 Å². The van der Waals surface area contributed by atoms with E-state index in [0.717, 1.165) is 12.6 Å². The Bertz CT molecular complexity index is 412. The van der Waals surface area contributed by atoms with Crippen LogP contribution in [0.3, 0.4) is 0 Å². The Labute approximate surface area is 122 Å². The van der Waals surface area contributed by atoms with Crippen LogP contribution in [0.15, 0.2) is 30.3 Å². The van der Waals surface area contributed by atoms with E-state index in [2.05, 4.69) is 47.1 Å². The van der Waals surface area contributed by atoms with Gasteiger partial charge in [-0.05, 0) is 43.9 Å². The van der Waals surface area contributed by atoms with Gasteiger partial charge < -0.3 is 10.6 Å². The summed E-state index contributed by atoms with van der Waals surface area (Å²) in [5.74, 6) is 0.690. The van der Waals surface area contributed by atoms with E-state index in [4.69, 9.17) is 5.73 Å². The highest BCUT2D eigenvalue weighted by Gasteiger charge is 2.30. The summed E-state index contributed by atoms with van der Waals surface area (Å²) in [6.07, 6.45) is 3.81. The van der Waals surface area contributed by atoms with Crippen LogP contribution in [0.2, 0.25) is 0 Å². The number of likely N-dealkylation sites (tertiary alicyclic amines) is 1. The lowest BCUT2D eigenvalue weighted by atomic mass is 9.91. The summed E-state index contributed by atoms with van der Waals surface area (Å²) in [7, 11) is 0. The van der Waals surface area contributed by atoms with Gasteiger partial charge in [0.1, 0.15) is 0 Å². The summed E-state index contributed by atoms with van der Waals surface area (Å²) >= 11 is 0. The molecule has 2 aliphatic rings. The van der Waals surface area contributed by atoms with Crippen LogP contribution < -0.4 is 10.6 Å². The van der Waals surface area contributed by atoms with Crippen LogP contribution in [-0.2, 0) is 0 Å². The minimum absolute atomic E-state index is 0.371. The molecule has 0 amide bonds. The molecule has 2 saturated heterocycles. The van der Waals surface area contributed by atoms with Gasteiger partial charge in [0, 0.05) is 37.4 Å². The lowest BCUT2D eigenvalue weighted by Crippen LogP contribution is -2.53. The molecule has 2 unspecified atom stereocenters. The molecule has 1 aromatic rings. The number of piperidine rings is 2. The van der Waals surface area contributed by atoms with Gasteiger partial charge in [-0.15, -0.1) is 0 Å². The van der Waals surface area contributed by atoms with E-state index in [0.29, 0.717) is 12.0 Å². The molecule has 2 fully saturated rings. The Morgan fingerprint density at radius 2 is 1.70 bits per heavy atom. The number of rotatable bonds is 2. The maximum Gasteiger partial charge on any atom is 0.0366 e. The molecular weight excluding hydrogens is 246 g/mol. The predicted octanol–water partition coefficient (Wildman–Crippen LogP) is 2.32. The molecule has 0 aliphatic carbocycles. The third kappa shape index (κ3) is 2.99.